The van der Waals surface area contributed by atoms with Gasteiger partial charge >= 0.3 is 5.97 Å². The number of imidazole rings is 1. The molecule has 4 nitrogen and oxygen atoms in total. The van der Waals surface area contributed by atoms with Crippen LogP contribution in [0.5, 0.6) is 0 Å². The largest absolute Gasteiger partial charge is 0.481 e. The third-order valence-corrected chi connectivity index (χ3v) is 3.73. The molecular formula is C19H36N2O2. The molecule has 0 saturated carbocycles. The van der Waals surface area contributed by atoms with Gasteiger partial charge in [0, 0.05) is 19.0 Å². The van der Waals surface area contributed by atoms with Gasteiger partial charge < -0.3 is 10.1 Å². The Hall–Kier alpha value is -1.32. The number of hydrogen-bond donors (Lipinski definition) is 2. The van der Waals surface area contributed by atoms with Gasteiger partial charge in [-0.1, -0.05) is 59.3 Å². The summed E-state index contributed by atoms with van der Waals surface area (Å²) in [5.74, 6) is 0.490. The number of nitrogens with one attached hydrogen (secondary N) is 1. The minimum atomic E-state index is -0.670. The van der Waals surface area contributed by atoms with Crippen molar-refractivity contribution < 1.29 is 9.90 Å². The van der Waals surface area contributed by atoms with Crippen LogP contribution < -0.4 is 0 Å². The fraction of sp³-hybridized carbons (Fsp3) is 0.789. The van der Waals surface area contributed by atoms with E-state index in [1.807, 2.05) is 0 Å². The Balaban J connectivity index is 0.000000438. The molecule has 0 bridgehead atoms. The third-order valence-electron chi connectivity index (χ3n) is 3.73. The van der Waals surface area contributed by atoms with E-state index >= 15 is 0 Å². The van der Waals surface area contributed by atoms with Crippen LogP contribution >= 0.6 is 0 Å². The van der Waals surface area contributed by atoms with Crippen molar-refractivity contribution in [2.75, 3.05) is 0 Å². The third kappa shape index (κ3) is 14.0. The first-order valence-corrected chi connectivity index (χ1v) is 9.38. The van der Waals surface area contributed by atoms with Crippen LogP contribution in [0.15, 0.2) is 6.20 Å². The highest BCUT2D eigenvalue weighted by Crippen LogP contribution is 2.05. The Morgan fingerprint density at radius 2 is 1.57 bits per heavy atom. The lowest BCUT2D eigenvalue weighted by Gasteiger charge is -1.95. The highest BCUT2D eigenvalue weighted by Gasteiger charge is 1.99. The van der Waals surface area contributed by atoms with E-state index in [1.165, 1.54) is 50.6 Å². The highest BCUT2D eigenvalue weighted by atomic mass is 16.4. The molecule has 0 aliphatic rings. The molecule has 0 radical (unpaired) electrons. The van der Waals surface area contributed by atoms with E-state index in [2.05, 4.69) is 36.9 Å². The summed E-state index contributed by atoms with van der Waals surface area (Å²) in [4.78, 5) is 17.8. The molecule has 0 spiro atoms. The van der Waals surface area contributed by atoms with E-state index in [9.17, 15) is 4.79 Å². The summed E-state index contributed by atoms with van der Waals surface area (Å²) in [5, 5.41) is 8.27. The number of aryl methyl sites for hydroxylation is 2. The molecule has 0 aliphatic heterocycles. The zero-order valence-electron chi connectivity index (χ0n) is 15.4. The van der Waals surface area contributed by atoms with Crippen molar-refractivity contribution in [2.45, 2.75) is 97.8 Å². The fourth-order valence-electron chi connectivity index (χ4n) is 2.24. The fourth-order valence-corrected chi connectivity index (χ4v) is 2.24. The molecule has 0 saturated heterocycles. The number of carbonyl (C=O) groups is 1. The summed E-state index contributed by atoms with van der Waals surface area (Å²) in [7, 11) is 0. The van der Waals surface area contributed by atoms with E-state index in [1.54, 1.807) is 0 Å². The molecule has 1 aromatic rings. The van der Waals surface area contributed by atoms with Gasteiger partial charge in [0.05, 0.1) is 5.69 Å². The van der Waals surface area contributed by atoms with Gasteiger partial charge in [-0.15, -0.1) is 0 Å². The number of aliphatic carboxylic acids is 1. The Bertz CT molecular complexity index is 366. The van der Waals surface area contributed by atoms with Gasteiger partial charge in [0.25, 0.3) is 0 Å². The molecular weight excluding hydrogens is 288 g/mol. The lowest BCUT2D eigenvalue weighted by Crippen LogP contribution is -1.93. The van der Waals surface area contributed by atoms with Gasteiger partial charge in [-0.3, -0.25) is 4.79 Å². The Labute approximate surface area is 142 Å². The first kappa shape index (κ1) is 21.7. The number of hydrogen-bond acceptors (Lipinski definition) is 2. The average Bonchev–Trinajstić information content (AvgIpc) is 2.99. The number of H-pyrrole nitrogens is 1. The number of rotatable bonds is 12. The molecule has 23 heavy (non-hydrogen) atoms. The normalized spacial score (nSPS) is 10.2. The molecule has 134 valence electrons. The number of carboxylic acids is 1. The van der Waals surface area contributed by atoms with Gasteiger partial charge in [0.1, 0.15) is 5.82 Å². The summed E-state index contributed by atoms with van der Waals surface area (Å²) in [6.07, 6.45) is 15.1. The smallest absolute Gasteiger partial charge is 0.303 e. The van der Waals surface area contributed by atoms with Crippen molar-refractivity contribution >= 4 is 5.97 Å². The van der Waals surface area contributed by atoms with Crippen LogP contribution in [0.3, 0.4) is 0 Å². The number of aromatic amines is 1. The van der Waals surface area contributed by atoms with Gasteiger partial charge in [0.15, 0.2) is 0 Å². The van der Waals surface area contributed by atoms with Gasteiger partial charge in [0.2, 0.25) is 0 Å². The molecule has 0 atom stereocenters. The number of carboxylic acid groups (broad SMARTS) is 1. The van der Waals surface area contributed by atoms with Crippen LogP contribution in [-0.2, 0) is 17.6 Å². The first-order valence-electron chi connectivity index (χ1n) is 9.38. The van der Waals surface area contributed by atoms with E-state index in [4.69, 9.17) is 5.11 Å². The van der Waals surface area contributed by atoms with Crippen LogP contribution in [0.25, 0.3) is 0 Å². The zero-order valence-corrected chi connectivity index (χ0v) is 15.4. The first-order chi connectivity index (χ1) is 11.1. The van der Waals surface area contributed by atoms with Crippen LogP contribution in [0.2, 0.25) is 0 Å². The lowest BCUT2D eigenvalue weighted by atomic mass is 10.1. The second-order valence-electron chi connectivity index (χ2n) is 6.10. The molecule has 0 unspecified atom stereocenters. The monoisotopic (exact) mass is 324 g/mol. The Morgan fingerprint density at radius 1 is 0.957 bits per heavy atom. The van der Waals surface area contributed by atoms with E-state index in [0.29, 0.717) is 6.42 Å². The maximum Gasteiger partial charge on any atom is 0.303 e. The van der Waals surface area contributed by atoms with Gasteiger partial charge in [-0.25, -0.2) is 4.98 Å². The average molecular weight is 325 g/mol. The topological polar surface area (TPSA) is 66.0 Å². The van der Waals surface area contributed by atoms with E-state index in [-0.39, 0.29) is 0 Å². The molecule has 1 heterocycles. The van der Waals surface area contributed by atoms with E-state index in [0.717, 1.165) is 31.5 Å². The van der Waals surface area contributed by atoms with Crippen LogP contribution in [0, 0.1) is 0 Å². The maximum absolute atomic E-state index is 10.0. The summed E-state index contributed by atoms with van der Waals surface area (Å²) < 4.78 is 0. The molecule has 1 rings (SSSR count). The molecule has 4 heteroatoms. The summed E-state index contributed by atoms with van der Waals surface area (Å²) in [6.45, 7) is 6.57. The van der Waals surface area contributed by atoms with Crippen LogP contribution in [0.1, 0.15) is 96.5 Å². The lowest BCUT2D eigenvalue weighted by molar-refractivity contribution is -0.137. The molecule has 2 N–H and O–H groups in total. The minimum Gasteiger partial charge on any atom is -0.481 e. The van der Waals surface area contributed by atoms with Crippen molar-refractivity contribution in [3.8, 4) is 0 Å². The summed E-state index contributed by atoms with van der Waals surface area (Å²) in [5.41, 5.74) is 1.23. The zero-order chi connectivity index (χ0) is 17.3. The predicted molar refractivity (Wildman–Crippen MR) is 96.8 cm³/mol. The van der Waals surface area contributed by atoms with Crippen LogP contribution in [-0.4, -0.2) is 21.0 Å². The van der Waals surface area contributed by atoms with Crippen LogP contribution in [0.4, 0.5) is 0 Å². The maximum atomic E-state index is 10.0. The summed E-state index contributed by atoms with van der Waals surface area (Å²) >= 11 is 0. The number of nitrogens with zero attached hydrogens (tertiary/aromatic N) is 1. The van der Waals surface area contributed by atoms with Crippen molar-refractivity contribution in [1.82, 2.24) is 9.97 Å². The molecule has 0 aliphatic carbocycles. The Morgan fingerprint density at radius 3 is 2.17 bits per heavy atom. The molecule has 0 fully saturated rings. The SMILES string of the molecule is CCCCCCCC(=O)O.CCCCc1c[nH]c(CCCC)n1. The van der Waals surface area contributed by atoms with Gasteiger partial charge in [-0.2, -0.15) is 0 Å². The second kappa shape index (κ2) is 15.6. The summed E-state index contributed by atoms with van der Waals surface area (Å²) in [6, 6.07) is 0. The van der Waals surface area contributed by atoms with Gasteiger partial charge in [-0.05, 0) is 25.7 Å². The molecule has 0 amide bonds. The number of aromatic nitrogens is 2. The predicted octanol–water partition coefficient (Wildman–Crippen LogP) is 5.53. The second-order valence-corrected chi connectivity index (χ2v) is 6.10. The molecule has 0 aromatic carbocycles. The van der Waals surface area contributed by atoms with Crippen molar-refractivity contribution in [1.29, 1.82) is 0 Å². The Kier molecular flexibility index (Phi) is 14.7. The van der Waals surface area contributed by atoms with Crippen molar-refractivity contribution in [3.05, 3.63) is 17.7 Å². The minimum absolute atomic E-state index is 0.337. The highest BCUT2D eigenvalue weighted by molar-refractivity contribution is 5.66. The number of unbranched alkanes of at least 4 members (excludes halogenated alkanes) is 6. The molecule has 1 aromatic heterocycles. The van der Waals surface area contributed by atoms with Crippen molar-refractivity contribution in [2.24, 2.45) is 0 Å². The van der Waals surface area contributed by atoms with Crippen molar-refractivity contribution in [3.63, 3.8) is 0 Å². The standard InChI is InChI=1S/C11H20N2.C8H16O2/c1-3-5-7-10-9-12-11(13-10)8-6-4-2;1-2-3-4-5-6-7-8(9)10/h9H,3-8H2,1-2H3,(H,12,13);2-7H2,1H3,(H,9,10). The van der Waals surface area contributed by atoms with E-state index < -0.39 is 5.97 Å². The quantitative estimate of drug-likeness (QED) is 0.497.